The van der Waals surface area contributed by atoms with Gasteiger partial charge in [-0.1, -0.05) is 0 Å². The van der Waals surface area contributed by atoms with Crippen molar-refractivity contribution in [1.82, 2.24) is 15.1 Å². The summed E-state index contributed by atoms with van der Waals surface area (Å²) in [5, 5.41) is 2.95. The number of likely N-dealkylation sites (N-methyl/N-ethyl adjacent to an activating group) is 1. The van der Waals surface area contributed by atoms with Crippen molar-refractivity contribution in [3.63, 3.8) is 0 Å². The molecular weight excluding hydrogens is 300 g/mol. The number of amides is 3. The molecule has 2 fully saturated rings. The summed E-state index contributed by atoms with van der Waals surface area (Å²) in [6.45, 7) is 3.84. The second-order valence-electron chi connectivity index (χ2n) is 6.26. The highest BCUT2D eigenvalue weighted by molar-refractivity contribution is 5.76. The zero-order valence-corrected chi connectivity index (χ0v) is 13.8. The molecule has 0 radical (unpaired) electrons. The van der Waals surface area contributed by atoms with Gasteiger partial charge in [-0.15, -0.1) is 0 Å². The molecule has 23 heavy (non-hydrogen) atoms. The zero-order chi connectivity index (χ0) is 16.7. The largest absolute Gasteiger partial charge is 0.378 e. The molecule has 0 aromatic heterocycles. The maximum atomic E-state index is 12.2. The number of nitrogens with two attached hydrogens (primary N) is 1. The summed E-state index contributed by atoms with van der Waals surface area (Å²) < 4.78 is 11.2. The number of hydrogen-bond acceptors (Lipinski definition) is 5. The Kier molecular flexibility index (Phi) is 7.07. The van der Waals surface area contributed by atoms with Crippen molar-refractivity contribution >= 4 is 11.9 Å². The molecule has 0 aliphatic carbocycles. The van der Waals surface area contributed by atoms with Crippen molar-refractivity contribution in [2.75, 3.05) is 53.0 Å². The van der Waals surface area contributed by atoms with Crippen LogP contribution in [0, 0.1) is 0 Å². The number of primary amides is 1. The Bertz CT molecular complexity index is 401. The number of nitrogens with zero attached hydrogens (tertiary/aromatic N) is 2. The van der Waals surface area contributed by atoms with Crippen LogP contribution in [0.15, 0.2) is 0 Å². The number of carbonyl (C=O) groups excluding carboxylic acids is 2. The van der Waals surface area contributed by atoms with Crippen LogP contribution in [-0.2, 0) is 14.3 Å². The molecule has 0 aromatic carbocycles. The van der Waals surface area contributed by atoms with Crippen LogP contribution in [0.25, 0.3) is 0 Å². The van der Waals surface area contributed by atoms with E-state index < -0.39 is 0 Å². The molecule has 2 aliphatic rings. The molecule has 3 amide bonds. The molecule has 0 bridgehead atoms. The summed E-state index contributed by atoms with van der Waals surface area (Å²) in [6.07, 6.45) is 3.25. The van der Waals surface area contributed by atoms with Gasteiger partial charge in [-0.05, 0) is 26.3 Å². The van der Waals surface area contributed by atoms with Crippen LogP contribution >= 0.6 is 0 Å². The first-order valence-corrected chi connectivity index (χ1v) is 8.27. The number of urea groups is 1. The maximum absolute atomic E-state index is 12.2. The Morgan fingerprint density at radius 1 is 1.30 bits per heavy atom. The fourth-order valence-electron chi connectivity index (χ4n) is 3.02. The van der Waals surface area contributed by atoms with E-state index in [1.54, 1.807) is 4.90 Å². The minimum atomic E-state index is -0.368. The Labute approximate surface area is 137 Å². The molecule has 2 atom stereocenters. The molecule has 8 nitrogen and oxygen atoms in total. The average molecular weight is 328 g/mol. The first kappa shape index (κ1) is 18.0. The third-order valence-electron chi connectivity index (χ3n) is 4.13. The molecule has 2 saturated heterocycles. The fraction of sp³-hybridized carbons (Fsp3) is 0.867. The standard InChI is InChI=1S/C15H28N4O4/c1-18(11-14(16)20)9-13-10-19(6-8-23-13)15(21)17-5-4-12-3-2-7-22-12/h12-13H,2-11H2,1H3,(H2,16,20)(H,17,21)/t12-,13-/m0/s1. The van der Waals surface area contributed by atoms with E-state index in [0.29, 0.717) is 32.8 Å². The first-order chi connectivity index (χ1) is 11.0. The third-order valence-corrected chi connectivity index (χ3v) is 4.13. The Hall–Kier alpha value is -1.38. The van der Waals surface area contributed by atoms with E-state index in [0.717, 1.165) is 25.9 Å². The number of nitrogens with one attached hydrogen (secondary N) is 1. The monoisotopic (exact) mass is 328 g/mol. The minimum Gasteiger partial charge on any atom is -0.378 e. The van der Waals surface area contributed by atoms with Gasteiger partial charge in [0.2, 0.25) is 5.91 Å². The van der Waals surface area contributed by atoms with Gasteiger partial charge < -0.3 is 25.4 Å². The van der Waals surface area contributed by atoms with Crippen LogP contribution in [0.1, 0.15) is 19.3 Å². The Morgan fingerprint density at radius 3 is 2.78 bits per heavy atom. The van der Waals surface area contributed by atoms with E-state index >= 15 is 0 Å². The number of hydrogen-bond donors (Lipinski definition) is 2. The summed E-state index contributed by atoms with van der Waals surface area (Å²) in [5.74, 6) is -0.368. The molecule has 2 aliphatic heterocycles. The van der Waals surface area contributed by atoms with Gasteiger partial charge in [-0.2, -0.15) is 0 Å². The second kappa shape index (κ2) is 9.05. The van der Waals surface area contributed by atoms with Gasteiger partial charge in [0.1, 0.15) is 0 Å². The molecule has 2 heterocycles. The predicted octanol–water partition coefficient (Wildman–Crippen LogP) is -0.617. The van der Waals surface area contributed by atoms with Crippen LogP contribution in [0.2, 0.25) is 0 Å². The first-order valence-electron chi connectivity index (χ1n) is 8.27. The molecule has 2 rings (SSSR count). The number of rotatable bonds is 7. The zero-order valence-electron chi connectivity index (χ0n) is 13.8. The van der Waals surface area contributed by atoms with Gasteiger partial charge >= 0.3 is 6.03 Å². The molecule has 0 saturated carbocycles. The van der Waals surface area contributed by atoms with Crippen molar-refractivity contribution in [2.45, 2.75) is 31.5 Å². The molecular formula is C15H28N4O4. The lowest BCUT2D eigenvalue weighted by atomic mass is 10.2. The quantitative estimate of drug-likeness (QED) is 0.649. The summed E-state index contributed by atoms with van der Waals surface area (Å²) in [6, 6.07) is -0.0612. The van der Waals surface area contributed by atoms with E-state index in [4.69, 9.17) is 15.2 Å². The highest BCUT2D eigenvalue weighted by Gasteiger charge is 2.25. The lowest BCUT2D eigenvalue weighted by molar-refractivity contribution is -0.119. The summed E-state index contributed by atoms with van der Waals surface area (Å²) in [4.78, 5) is 26.7. The maximum Gasteiger partial charge on any atom is 0.317 e. The average Bonchev–Trinajstić information content (AvgIpc) is 2.99. The summed E-state index contributed by atoms with van der Waals surface area (Å²) in [5.41, 5.74) is 5.17. The fourth-order valence-corrected chi connectivity index (χ4v) is 3.02. The lowest BCUT2D eigenvalue weighted by Gasteiger charge is -2.34. The predicted molar refractivity (Wildman–Crippen MR) is 85.0 cm³/mol. The normalized spacial score (nSPS) is 24.9. The van der Waals surface area contributed by atoms with E-state index in [9.17, 15) is 9.59 Å². The van der Waals surface area contributed by atoms with E-state index in [1.165, 1.54) is 0 Å². The minimum absolute atomic E-state index is 0.0612. The van der Waals surface area contributed by atoms with Crippen LogP contribution in [0.5, 0.6) is 0 Å². The topological polar surface area (TPSA) is 97.1 Å². The van der Waals surface area contributed by atoms with E-state index in [-0.39, 0.29) is 30.7 Å². The van der Waals surface area contributed by atoms with Crippen molar-refractivity contribution in [2.24, 2.45) is 5.73 Å². The smallest absolute Gasteiger partial charge is 0.317 e. The van der Waals surface area contributed by atoms with E-state index in [2.05, 4.69) is 5.32 Å². The lowest BCUT2D eigenvalue weighted by Crippen LogP contribution is -2.52. The molecule has 8 heteroatoms. The van der Waals surface area contributed by atoms with Gasteiger partial charge in [0.25, 0.3) is 0 Å². The molecule has 0 spiro atoms. The van der Waals surface area contributed by atoms with Gasteiger partial charge in [0, 0.05) is 32.8 Å². The molecule has 0 unspecified atom stereocenters. The number of carbonyl (C=O) groups is 2. The van der Waals surface area contributed by atoms with Crippen LogP contribution in [0.4, 0.5) is 4.79 Å². The van der Waals surface area contributed by atoms with Crippen molar-refractivity contribution in [3.8, 4) is 0 Å². The molecule has 132 valence electrons. The van der Waals surface area contributed by atoms with Gasteiger partial charge in [0.05, 0.1) is 25.4 Å². The van der Waals surface area contributed by atoms with Crippen LogP contribution in [0.3, 0.4) is 0 Å². The van der Waals surface area contributed by atoms with Crippen molar-refractivity contribution < 1.29 is 19.1 Å². The highest BCUT2D eigenvalue weighted by Crippen LogP contribution is 2.14. The van der Waals surface area contributed by atoms with Crippen LogP contribution < -0.4 is 11.1 Å². The van der Waals surface area contributed by atoms with Gasteiger partial charge in [-0.25, -0.2) is 4.79 Å². The number of morpholine rings is 1. The summed E-state index contributed by atoms with van der Waals surface area (Å²) in [7, 11) is 1.81. The van der Waals surface area contributed by atoms with Crippen molar-refractivity contribution in [3.05, 3.63) is 0 Å². The van der Waals surface area contributed by atoms with E-state index in [1.807, 2.05) is 11.9 Å². The molecule has 3 N–H and O–H groups in total. The Morgan fingerprint density at radius 2 is 2.09 bits per heavy atom. The number of ether oxygens (including phenoxy) is 2. The highest BCUT2D eigenvalue weighted by atomic mass is 16.5. The molecule has 0 aromatic rings. The van der Waals surface area contributed by atoms with Crippen molar-refractivity contribution in [1.29, 1.82) is 0 Å². The van der Waals surface area contributed by atoms with Gasteiger partial charge in [-0.3, -0.25) is 9.69 Å². The summed E-state index contributed by atoms with van der Waals surface area (Å²) >= 11 is 0. The van der Waals surface area contributed by atoms with Gasteiger partial charge in [0.15, 0.2) is 0 Å². The van der Waals surface area contributed by atoms with Crippen LogP contribution in [-0.4, -0.2) is 86.9 Å². The SMILES string of the molecule is CN(CC(N)=O)C[C@H]1CN(C(=O)NCC[C@@H]2CCCO2)CCO1. The third kappa shape index (κ3) is 6.32. The Balaban J connectivity index is 1.67. The second-order valence-corrected chi connectivity index (χ2v) is 6.26.